The van der Waals surface area contributed by atoms with Crippen molar-refractivity contribution in [2.24, 2.45) is 5.92 Å². The summed E-state index contributed by atoms with van der Waals surface area (Å²) in [6.45, 7) is 3.04. The van der Waals surface area contributed by atoms with Gasteiger partial charge in [0.05, 0.1) is 7.11 Å². The highest BCUT2D eigenvalue weighted by Crippen LogP contribution is 2.28. The van der Waals surface area contributed by atoms with Crippen LogP contribution < -0.4 is 10.1 Å². The molecule has 0 aliphatic heterocycles. The number of nitrogens with one attached hydrogen (secondary N) is 1. The van der Waals surface area contributed by atoms with E-state index >= 15 is 0 Å². The van der Waals surface area contributed by atoms with Gasteiger partial charge in [-0.15, -0.1) is 0 Å². The van der Waals surface area contributed by atoms with Crippen molar-refractivity contribution in [2.75, 3.05) is 26.9 Å². The second-order valence-electron chi connectivity index (χ2n) is 4.98. The number of hydrogen-bond donors (Lipinski definition) is 1. The molecule has 0 radical (unpaired) electrons. The van der Waals surface area contributed by atoms with E-state index in [0.29, 0.717) is 17.9 Å². The first-order valence-electron chi connectivity index (χ1n) is 6.91. The summed E-state index contributed by atoms with van der Waals surface area (Å²) in [6.07, 6.45) is 3.61. The third-order valence-corrected chi connectivity index (χ3v) is 3.27. The van der Waals surface area contributed by atoms with Gasteiger partial charge in [0.2, 0.25) is 0 Å². The molecule has 0 unspecified atom stereocenters. The number of hydrogen-bond acceptors (Lipinski definition) is 3. The third kappa shape index (κ3) is 4.80. The lowest BCUT2D eigenvalue weighted by Crippen LogP contribution is -2.17. The van der Waals surface area contributed by atoms with Crippen LogP contribution in [0.1, 0.15) is 24.8 Å². The van der Waals surface area contributed by atoms with Gasteiger partial charge in [0.1, 0.15) is 0 Å². The van der Waals surface area contributed by atoms with Gasteiger partial charge in [-0.05, 0) is 37.8 Å². The predicted molar refractivity (Wildman–Crippen MR) is 72.8 cm³/mol. The summed E-state index contributed by atoms with van der Waals surface area (Å²) in [6, 6.07) is 5.21. The maximum Gasteiger partial charge on any atom is 0.169 e. The van der Waals surface area contributed by atoms with Crippen LogP contribution in [0.4, 0.5) is 4.39 Å². The fraction of sp³-hybridized carbons (Fsp3) is 0.600. The Kier molecular flexibility index (Phi) is 5.61. The maximum absolute atomic E-state index is 13.8. The van der Waals surface area contributed by atoms with E-state index in [9.17, 15) is 4.39 Å². The molecule has 0 spiro atoms. The fourth-order valence-corrected chi connectivity index (χ4v) is 1.91. The summed E-state index contributed by atoms with van der Waals surface area (Å²) < 4.78 is 24.3. The van der Waals surface area contributed by atoms with Crippen molar-refractivity contribution in [3.05, 3.63) is 29.6 Å². The molecule has 0 aromatic heterocycles. The molecule has 1 aliphatic rings. The standard InChI is InChI=1S/C15H22FNO2/c1-18-14-5-2-4-13(15(14)16)10-17-8-3-9-19-11-12-6-7-12/h2,4-5,12,17H,3,6-11H2,1H3. The molecule has 1 aromatic carbocycles. The molecule has 1 aliphatic carbocycles. The molecule has 0 atom stereocenters. The van der Waals surface area contributed by atoms with Gasteiger partial charge in [-0.3, -0.25) is 0 Å². The largest absolute Gasteiger partial charge is 0.494 e. The van der Waals surface area contributed by atoms with Crippen LogP contribution in [0.15, 0.2) is 18.2 Å². The zero-order valence-electron chi connectivity index (χ0n) is 11.5. The molecular formula is C15H22FNO2. The van der Waals surface area contributed by atoms with Gasteiger partial charge in [-0.1, -0.05) is 12.1 Å². The lowest BCUT2D eigenvalue weighted by atomic mass is 10.2. The van der Waals surface area contributed by atoms with Gasteiger partial charge in [0.15, 0.2) is 11.6 Å². The average Bonchev–Trinajstić information content (AvgIpc) is 3.23. The molecule has 0 heterocycles. The lowest BCUT2D eigenvalue weighted by molar-refractivity contribution is 0.122. The van der Waals surface area contributed by atoms with Crippen molar-refractivity contribution in [1.82, 2.24) is 5.32 Å². The summed E-state index contributed by atoms with van der Waals surface area (Å²) in [7, 11) is 1.48. The van der Waals surface area contributed by atoms with Gasteiger partial charge < -0.3 is 14.8 Å². The SMILES string of the molecule is COc1cccc(CNCCCOCC2CC2)c1F. The van der Waals surface area contributed by atoms with E-state index in [2.05, 4.69) is 5.32 Å². The van der Waals surface area contributed by atoms with Crippen molar-refractivity contribution >= 4 is 0 Å². The molecule has 4 heteroatoms. The topological polar surface area (TPSA) is 30.5 Å². The number of benzene rings is 1. The smallest absolute Gasteiger partial charge is 0.169 e. The molecule has 106 valence electrons. The first kappa shape index (κ1) is 14.3. The van der Waals surface area contributed by atoms with Gasteiger partial charge in [-0.2, -0.15) is 0 Å². The Hall–Kier alpha value is -1.13. The first-order chi connectivity index (χ1) is 9.31. The number of halogens is 1. The maximum atomic E-state index is 13.8. The van der Waals surface area contributed by atoms with E-state index in [1.165, 1.54) is 20.0 Å². The number of ether oxygens (including phenoxy) is 2. The Morgan fingerprint density at radius 1 is 1.37 bits per heavy atom. The normalized spacial score (nSPS) is 14.6. The van der Waals surface area contributed by atoms with E-state index in [4.69, 9.17) is 9.47 Å². The van der Waals surface area contributed by atoms with Gasteiger partial charge in [0, 0.05) is 25.3 Å². The van der Waals surface area contributed by atoms with E-state index in [0.717, 1.165) is 32.1 Å². The molecule has 0 saturated heterocycles. The molecule has 3 nitrogen and oxygen atoms in total. The highest BCUT2D eigenvalue weighted by molar-refractivity contribution is 5.30. The Balaban J connectivity index is 1.59. The van der Waals surface area contributed by atoms with Gasteiger partial charge in [0.25, 0.3) is 0 Å². The van der Waals surface area contributed by atoms with E-state index in [1.807, 2.05) is 0 Å². The van der Waals surface area contributed by atoms with Crippen LogP contribution in [0.2, 0.25) is 0 Å². The summed E-state index contributed by atoms with van der Waals surface area (Å²) in [4.78, 5) is 0. The minimum atomic E-state index is -0.275. The molecule has 2 rings (SSSR count). The minimum absolute atomic E-state index is 0.275. The number of methoxy groups -OCH3 is 1. The molecule has 1 aromatic rings. The Morgan fingerprint density at radius 2 is 2.21 bits per heavy atom. The monoisotopic (exact) mass is 267 g/mol. The Morgan fingerprint density at radius 3 is 2.95 bits per heavy atom. The van der Waals surface area contributed by atoms with E-state index in [1.54, 1.807) is 18.2 Å². The van der Waals surface area contributed by atoms with Crippen molar-refractivity contribution in [2.45, 2.75) is 25.8 Å². The van der Waals surface area contributed by atoms with Gasteiger partial charge >= 0.3 is 0 Å². The van der Waals surface area contributed by atoms with Crippen LogP contribution in [0, 0.1) is 11.7 Å². The lowest BCUT2D eigenvalue weighted by Gasteiger charge is -2.09. The zero-order chi connectivity index (χ0) is 13.5. The minimum Gasteiger partial charge on any atom is -0.494 e. The first-order valence-corrected chi connectivity index (χ1v) is 6.91. The van der Waals surface area contributed by atoms with Crippen molar-refractivity contribution in [3.8, 4) is 5.75 Å². The van der Waals surface area contributed by atoms with Crippen LogP contribution in [-0.2, 0) is 11.3 Å². The highest BCUT2D eigenvalue weighted by Gasteiger charge is 2.20. The molecule has 1 fully saturated rings. The average molecular weight is 267 g/mol. The van der Waals surface area contributed by atoms with Crippen LogP contribution in [-0.4, -0.2) is 26.9 Å². The van der Waals surface area contributed by atoms with Gasteiger partial charge in [-0.25, -0.2) is 4.39 Å². The van der Waals surface area contributed by atoms with Crippen LogP contribution >= 0.6 is 0 Å². The summed E-state index contributed by atoms with van der Waals surface area (Å²) >= 11 is 0. The summed E-state index contributed by atoms with van der Waals surface area (Å²) in [5, 5.41) is 3.22. The molecule has 1 saturated carbocycles. The second kappa shape index (κ2) is 7.46. The third-order valence-electron chi connectivity index (χ3n) is 3.27. The molecule has 1 N–H and O–H groups in total. The molecule has 0 bridgehead atoms. The Bertz CT molecular complexity index is 394. The molecule has 0 amide bonds. The highest BCUT2D eigenvalue weighted by atomic mass is 19.1. The van der Waals surface area contributed by atoms with Crippen molar-refractivity contribution in [1.29, 1.82) is 0 Å². The van der Waals surface area contributed by atoms with Crippen LogP contribution in [0.3, 0.4) is 0 Å². The second-order valence-corrected chi connectivity index (χ2v) is 4.98. The summed E-state index contributed by atoms with van der Waals surface area (Å²) in [5.74, 6) is 0.841. The number of rotatable bonds is 9. The Labute approximate surface area is 114 Å². The van der Waals surface area contributed by atoms with Crippen LogP contribution in [0.25, 0.3) is 0 Å². The summed E-state index contributed by atoms with van der Waals surface area (Å²) in [5.41, 5.74) is 0.637. The van der Waals surface area contributed by atoms with E-state index in [-0.39, 0.29) is 5.82 Å². The van der Waals surface area contributed by atoms with Crippen molar-refractivity contribution < 1.29 is 13.9 Å². The predicted octanol–water partition coefficient (Wildman–Crippen LogP) is 2.74. The molecule has 19 heavy (non-hydrogen) atoms. The van der Waals surface area contributed by atoms with Crippen molar-refractivity contribution in [3.63, 3.8) is 0 Å². The quantitative estimate of drug-likeness (QED) is 0.698. The van der Waals surface area contributed by atoms with E-state index < -0.39 is 0 Å². The molecular weight excluding hydrogens is 245 g/mol. The van der Waals surface area contributed by atoms with Crippen LogP contribution in [0.5, 0.6) is 5.75 Å². The zero-order valence-corrected chi connectivity index (χ0v) is 11.5. The fourth-order valence-electron chi connectivity index (χ4n) is 1.91.